The van der Waals surface area contributed by atoms with Gasteiger partial charge in [-0.3, -0.25) is 9.59 Å². The van der Waals surface area contributed by atoms with Gasteiger partial charge in [0.05, 0.1) is 5.71 Å². The third-order valence-electron chi connectivity index (χ3n) is 4.49. The lowest BCUT2D eigenvalue weighted by Crippen LogP contribution is -2.24. The number of hydrogen-bond donors (Lipinski definition) is 2. The van der Waals surface area contributed by atoms with Crippen molar-refractivity contribution in [1.82, 2.24) is 5.43 Å². The van der Waals surface area contributed by atoms with Gasteiger partial charge in [0.15, 0.2) is 0 Å². The van der Waals surface area contributed by atoms with Crippen molar-refractivity contribution in [2.45, 2.75) is 59.3 Å². The summed E-state index contributed by atoms with van der Waals surface area (Å²) in [6, 6.07) is 7.57. The molecule has 0 bridgehead atoms. The average Bonchev–Trinajstić information content (AvgIpc) is 2.60. The summed E-state index contributed by atoms with van der Waals surface area (Å²) in [7, 11) is 0. The van der Waals surface area contributed by atoms with Crippen LogP contribution in [0.4, 0.5) is 5.69 Å². The van der Waals surface area contributed by atoms with Crippen LogP contribution in [0.15, 0.2) is 29.4 Å². The van der Waals surface area contributed by atoms with E-state index in [0.29, 0.717) is 12.3 Å². The summed E-state index contributed by atoms with van der Waals surface area (Å²) < 4.78 is 0. The third-order valence-corrected chi connectivity index (χ3v) is 4.49. The highest BCUT2D eigenvalue weighted by Gasteiger charge is 2.20. The number of hydrazone groups is 1. The second-order valence-corrected chi connectivity index (χ2v) is 7.23. The van der Waals surface area contributed by atoms with Crippen LogP contribution in [0.25, 0.3) is 0 Å². The van der Waals surface area contributed by atoms with E-state index in [1.165, 1.54) is 6.42 Å². The van der Waals surface area contributed by atoms with Gasteiger partial charge in [0.2, 0.25) is 11.8 Å². The van der Waals surface area contributed by atoms with Gasteiger partial charge >= 0.3 is 0 Å². The fraction of sp³-hybridized carbons (Fsp3) is 0.550. The molecule has 0 aromatic heterocycles. The minimum Gasteiger partial charge on any atom is -0.326 e. The first kappa shape index (κ1) is 19.2. The number of anilines is 1. The van der Waals surface area contributed by atoms with E-state index < -0.39 is 0 Å². The van der Waals surface area contributed by atoms with Crippen LogP contribution in [0.3, 0.4) is 0 Å². The Balaban J connectivity index is 1.90. The first-order valence-electron chi connectivity index (χ1n) is 9.20. The first-order chi connectivity index (χ1) is 12.0. The van der Waals surface area contributed by atoms with E-state index in [9.17, 15) is 9.59 Å². The molecule has 5 heteroatoms. The van der Waals surface area contributed by atoms with Crippen molar-refractivity contribution in [3.05, 3.63) is 29.8 Å². The molecule has 0 atom stereocenters. The molecule has 1 aromatic rings. The summed E-state index contributed by atoms with van der Waals surface area (Å²) in [5, 5.41) is 7.14. The molecule has 0 radical (unpaired) electrons. The summed E-state index contributed by atoms with van der Waals surface area (Å²) >= 11 is 0. The van der Waals surface area contributed by atoms with Gasteiger partial charge in [0.1, 0.15) is 0 Å². The van der Waals surface area contributed by atoms with Gasteiger partial charge in [-0.1, -0.05) is 45.2 Å². The van der Waals surface area contributed by atoms with Gasteiger partial charge < -0.3 is 5.32 Å². The first-order valence-corrected chi connectivity index (χ1v) is 9.20. The maximum atomic E-state index is 12.3. The minimum atomic E-state index is -0.0780. The van der Waals surface area contributed by atoms with Gasteiger partial charge in [-0.15, -0.1) is 0 Å². The Morgan fingerprint density at radius 2 is 1.76 bits per heavy atom. The number of carbonyl (C=O) groups is 2. The summed E-state index contributed by atoms with van der Waals surface area (Å²) in [5.41, 5.74) is 5.04. The molecule has 1 aliphatic rings. The summed E-state index contributed by atoms with van der Waals surface area (Å²) in [4.78, 5) is 23.9. The lowest BCUT2D eigenvalue weighted by Gasteiger charge is -2.20. The number of rotatable bonds is 6. The van der Waals surface area contributed by atoms with Crippen LogP contribution in [-0.2, 0) is 9.59 Å². The fourth-order valence-corrected chi connectivity index (χ4v) is 3.03. The Hall–Kier alpha value is -2.17. The van der Waals surface area contributed by atoms with E-state index in [1.54, 1.807) is 0 Å². The van der Waals surface area contributed by atoms with Crippen LogP contribution in [0.1, 0.15) is 64.9 Å². The summed E-state index contributed by atoms with van der Waals surface area (Å²) in [5.74, 6) is 0.500. The quantitative estimate of drug-likeness (QED) is 0.603. The Morgan fingerprint density at radius 3 is 2.36 bits per heavy atom. The topological polar surface area (TPSA) is 70.6 Å². The van der Waals surface area contributed by atoms with Crippen molar-refractivity contribution in [2.75, 3.05) is 5.32 Å². The highest BCUT2D eigenvalue weighted by atomic mass is 16.2. The van der Waals surface area contributed by atoms with Gasteiger partial charge in [-0.2, -0.15) is 5.10 Å². The molecule has 1 saturated carbocycles. The van der Waals surface area contributed by atoms with Crippen LogP contribution in [0.2, 0.25) is 0 Å². The van der Waals surface area contributed by atoms with Crippen LogP contribution in [-0.4, -0.2) is 17.5 Å². The van der Waals surface area contributed by atoms with E-state index in [2.05, 4.69) is 15.8 Å². The minimum absolute atomic E-state index is 0.0780. The van der Waals surface area contributed by atoms with Crippen LogP contribution < -0.4 is 10.7 Å². The number of carbonyl (C=O) groups excluding carboxylic acids is 2. The largest absolute Gasteiger partial charge is 0.326 e. The Kier molecular flexibility index (Phi) is 7.16. The van der Waals surface area contributed by atoms with Gasteiger partial charge in [-0.05, 0) is 43.4 Å². The van der Waals surface area contributed by atoms with E-state index in [0.717, 1.165) is 42.6 Å². The molecular formula is C20H29N3O2. The molecule has 0 saturated heterocycles. The molecule has 0 heterocycles. The summed E-state index contributed by atoms with van der Waals surface area (Å²) in [6.45, 7) is 5.85. The van der Waals surface area contributed by atoms with Crippen LogP contribution in [0.5, 0.6) is 0 Å². The lowest BCUT2D eigenvalue weighted by molar-refractivity contribution is -0.122. The zero-order chi connectivity index (χ0) is 18.2. The molecule has 1 aliphatic carbocycles. The van der Waals surface area contributed by atoms with Gasteiger partial charge in [0, 0.05) is 18.0 Å². The predicted octanol–water partition coefficient (Wildman–Crippen LogP) is 4.09. The fourth-order valence-electron chi connectivity index (χ4n) is 3.03. The van der Waals surface area contributed by atoms with Crippen molar-refractivity contribution in [2.24, 2.45) is 16.9 Å². The molecule has 0 unspecified atom stereocenters. The van der Waals surface area contributed by atoms with E-state index >= 15 is 0 Å². The lowest BCUT2D eigenvalue weighted by atomic mass is 9.88. The molecule has 0 spiro atoms. The summed E-state index contributed by atoms with van der Waals surface area (Å²) in [6.07, 6.45) is 5.98. The van der Waals surface area contributed by atoms with Crippen molar-refractivity contribution in [3.63, 3.8) is 0 Å². The number of hydrogen-bond acceptors (Lipinski definition) is 3. The molecule has 25 heavy (non-hydrogen) atoms. The SMILES string of the molecule is CC(=NNC(=O)CC(C)C)c1ccc(NC(=O)C2CCCCC2)cc1. The maximum Gasteiger partial charge on any atom is 0.240 e. The molecular weight excluding hydrogens is 314 g/mol. The molecule has 1 fully saturated rings. The van der Waals surface area contributed by atoms with Gasteiger partial charge in [0.25, 0.3) is 0 Å². The standard InChI is InChI=1S/C20H29N3O2/c1-14(2)13-19(24)23-22-15(3)16-9-11-18(12-10-16)21-20(25)17-7-5-4-6-8-17/h9-12,14,17H,4-8,13H2,1-3H3,(H,21,25)(H,23,24). The predicted molar refractivity (Wildman–Crippen MR) is 101 cm³/mol. The van der Waals surface area contributed by atoms with Gasteiger partial charge in [-0.25, -0.2) is 5.43 Å². The second kappa shape index (κ2) is 9.35. The van der Waals surface area contributed by atoms with Crippen LogP contribution in [0, 0.1) is 11.8 Å². The smallest absolute Gasteiger partial charge is 0.240 e. The highest BCUT2D eigenvalue weighted by Crippen LogP contribution is 2.25. The monoisotopic (exact) mass is 343 g/mol. The molecule has 2 N–H and O–H groups in total. The second-order valence-electron chi connectivity index (χ2n) is 7.23. The van der Waals surface area contributed by atoms with Crippen molar-refractivity contribution < 1.29 is 9.59 Å². The molecule has 1 aromatic carbocycles. The highest BCUT2D eigenvalue weighted by molar-refractivity contribution is 6.00. The zero-order valence-corrected chi connectivity index (χ0v) is 15.5. The Morgan fingerprint density at radius 1 is 1.12 bits per heavy atom. The Bertz CT molecular complexity index is 614. The van der Waals surface area contributed by atoms with Crippen molar-refractivity contribution in [3.8, 4) is 0 Å². The van der Waals surface area contributed by atoms with E-state index in [1.807, 2.05) is 45.0 Å². The number of benzene rings is 1. The molecule has 136 valence electrons. The molecule has 5 nitrogen and oxygen atoms in total. The molecule has 2 rings (SSSR count). The third kappa shape index (κ3) is 6.33. The van der Waals surface area contributed by atoms with E-state index in [-0.39, 0.29) is 17.7 Å². The number of nitrogens with one attached hydrogen (secondary N) is 2. The average molecular weight is 343 g/mol. The van der Waals surface area contributed by atoms with Crippen molar-refractivity contribution in [1.29, 1.82) is 0 Å². The normalized spacial score (nSPS) is 15.9. The maximum absolute atomic E-state index is 12.3. The molecule has 0 aliphatic heterocycles. The number of nitrogens with zero attached hydrogens (tertiary/aromatic N) is 1. The van der Waals surface area contributed by atoms with Crippen LogP contribution >= 0.6 is 0 Å². The molecule has 2 amide bonds. The van der Waals surface area contributed by atoms with Crippen molar-refractivity contribution >= 4 is 23.2 Å². The zero-order valence-electron chi connectivity index (χ0n) is 15.5. The van der Waals surface area contributed by atoms with E-state index in [4.69, 9.17) is 0 Å². The Labute approximate surface area is 150 Å². The number of amides is 2.